The van der Waals surface area contributed by atoms with Gasteiger partial charge in [-0.2, -0.15) is 0 Å². The van der Waals surface area contributed by atoms with Crippen LogP contribution in [0.15, 0.2) is 77.2 Å². The van der Waals surface area contributed by atoms with Gasteiger partial charge in [0.25, 0.3) is 11.8 Å². The van der Waals surface area contributed by atoms with Gasteiger partial charge in [0, 0.05) is 16.7 Å². The summed E-state index contributed by atoms with van der Waals surface area (Å²) in [5, 5.41) is 0. The Balaban J connectivity index is 1.43. The molecule has 8 nitrogen and oxygen atoms in total. The number of imide groups is 1. The van der Waals surface area contributed by atoms with E-state index in [0.29, 0.717) is 28.5 Å². The maximum absolute atomic E-state index is 13.6. The standard InChI is InChI=1S/C29H27N3O5/c1-29(2,3)32(27(34)19-8-7-9-21(16-19)36-4)23-17-25(33)31(28(23)35)20-14-12-18(13-15-20)26-30-22-10-5-6-11-24(22)37-26/h5-16,23H,17H2,1-4H3. The van der Waals surface area contributed by atoms with Gasteiger partial charge in [0.2, 0.25) is 11.8 Å². The number of carbonyl (C=O) groups is 3. The lowest BCUT2D eigenvalue weighted by atomic mass is 9.99. The number of hydrogen-bond acceptors (Lipinski definition) is 6. The van der Waals surface area contributed by atoms with Crippen molar-refractivity contribution in [2.75, 3.05) is 12.0 Å². The van der Waals surface area contributed by atoms with Crippen molar-refractivity contribution in [2.45, 2.75) is 38.8 Å². The maximum atomic E-state index is 13.6. The molecule has 1 aliphatic heterocycles. The zero-order valence-corrected chi connectivity index (χ0v) is 21.1. The van der Waals surface area contributed by atoms with Crippen LogP contribution in [-0.2, 0) is 9.59 Å². The van der Waals surface area contributed by atoms with E-state index in [0.717, 1.165) is 16.0 Å². The minimum Gasteiger partial charge on any atom is -0.497 e. The molecule has 8 heteroatoms. The van der Waals surface area contributed by atoms with Crippen molar-refractivity contribution in [1.29, 1.82) is 0 Å². The van der Waals surface area contributed by atoms with Crippen LogP contribution in [0.4, 0.5) is 5.69 Å². The number of benzene rings is 3. The highest BCUT2D eigenvalue weighted by Gasteiger charge is 2.47. The number of methoxy groups -OCH3 is 1. The number of fused-ring (bicyclic) bond motifs is 1. The van der Waals surface area contributed by atoms with Crippen molar-refractivity contribution >= 4 is 34.5 Å². The van der Waals surface area contributed by atoms with E-state index in [1.54, 1.807) is 48.5 Å². The van der Waals surface area contributed by atoms with Crippen molar-refractivity contribution in [3.05, 3.63) is 78.4 Å². The molecule has 1 saturated heterocycles. The smallest absolute Gasteiger partial charge is 0.257 e. The van der Waals surface area contributed by atoms with Crippen molar-refractivity contribution in [3.63, 3.8) is 0 Å². The van der Waals surface area contributed by atoms with E-state index < -0.39 is 17.5 Å². The Hall–Kier alpha value is -4.46. The summed E-state index contributed by atoms with van der Waals surface area (Å²) >= 11 is 0. The number of anilines is 1. The fourth-order valence-corrected chi connectivity index (χ4v) is 4.65. The van der Waals surface area contributed by atoms with Gasteiger partial charge in [-0.05, 0) is 75.4 Å². The molecular formula is C29H27N3O5. The summed E-state index contributed by atoms with van der Waals surface area (Å²) in [6.07, 6.45) is -0.0985. The van der Waals surface area contributed by atoms with Gasteiger partial charge in [0.1, 0.15) is 17.3 Å². The fourth-order valence-electron chi connectivity index (χ4n) is 4.65. The third-order valence-corrected chi connectivity index (χ3v) is 6.36. The Morgan fingerprint density at radius 2 is 1.76 bits per heavy atom. The zero-order valence-electron chi connectivity index (χ0n) is 21.1. The fraction of sp³-hybridized carbons (Fsp3) is 0.241. The Bertz CT molecular complexity index is 1470. The lowest BCUT2D eigenvalue weighted by molar-refractivity contribution is -0.123. The van der Waals surface area contributed by atoms with E-state index >= 15 is 0 Å². The van der Waals surface area contributed by atoms with Crippen molar-refractivity contribution in [1.82, 2.24) is 9.88 Å². The molecule has 0 spiro atoms. The molecule has 3 aromatic carbocycles. The van der Waals surface area contributed by atoms with E-state index in [9.17, 15) is 14.4 Å². The van der Waals surface area contributed by atoms with Crippen LogP contribution < -0.4 is 9.64 Å². The molecule has 37 heavy (non-hydrogen) atoms. The highest BCUT2D eigenvalue weighted by molar-refractivity contribution is 6.23. The summed E-state index contributed by atoms with van der Waals surface area (Å²) in [5.74, 6) is -0.157. The van der Waals surface area contributed by atoms with Crippen molar-refractivity contribution < 1.29 is 23.5 Å². The molecule has 1 fully saturated rings. The minimum absolute atomic E-state index is 0.0985. The molecule has 188 valence electrons. The molecular weight excluding hydrogens is 470 g/mol. The molecule has 1 atom stereocenters. The van der Waals surface area contributed by atoms with E-state index in [1.165, 1.54) is 12.0 Å². The second kappa shape index (κ2) is 9.20. The van der Waals surface area contributed by atoms with Crippen LogP contribution in [0.25, 0.3) is 22.6 Å². The first-order valence-corrected chi connectivity index (χ1v) is 12.0. The first kappa shape index (κ1) is 24.2. The maximum Gasteiger partial charge on any atom is 0.257 e. The van der Waals surface area contributed by atoms with Crippen LogP contribution >= 0.6 is 0 Å². The predicted octanol–water partition coefficient (Wildman–Crippen LogP) is 5.08. The number of aromatic nitrogens is 1. The summed E-state index contributed by atoms with van der Waals surface area (Å²) in [4.78, 5) is 47.4. The van der Waals surface area contributed by atoms with Crippen molar-refractivity contribution in [2.24, 2.45) is 0 Å². The highest BCUT2D eigenvalue weighted by Crippen LogP contribution is 2.33. The lowest BCUT2D eigenvalue weighted by Crippen LogP contribution is -2.54. The van der Waals surface area contributed by atoms with Gasteiger partial charge in [-0.1, -0.05) is 18.2 Å². The Kier molecular flexibility index (Phi) is 6.03. The van der Waals surface area contributed by atoms with Gasteiger partial charge in [-0.25, -0.2) is 9.88 Å². The number of para-hydroxylation sites is 2. The van der Waals surface area contributed by atoms with Gasteiger partial charge in [0.05, 0.1) is 19.2 Å². The number of carbonyl (C=O) groups excluding carboxylic acids is 3. The van der Waals surface area contributed by atoms with E-state index in [1.807, 2.05) is 45.0 Å². The molecule has 5 rings (SSSR count). The van der Waals surface area contributed by atoms with Crippen molar-refractivity contribution in [3.8, 4) is 17.2 Å². The van der Waals surface area contributed by atoms with Crippen LogP contribution in [0.5, 0.6) is 5.75 Å². The van der Waals surface area contributed by atoms with Crippen LogP contribution in [0.2, 0.25) is 0 Å². The monoisotopic (exact) mass is 497 g/mol. The van der Waals surface area contributed by atoms with E-state index in [4.69, 9.17) is 9.15 Å². The molecule has 3 amide bonds. The number of ether oxygens (including phenoxy) is 1. The van der Waals surface area contributed by atoms with E-state index in [2.05, 4.69) is 4.98 Å². The third kappa shape index (κ3) is 4.46. The largest absolute Gasteiger partial charge is 0.497 e. The second-order valence-electron chi connectivity index (χ2n) is 9.90. The van der Waals surface area contributed by atoms with Crippen LogP contribution in [0.1, 0.15) is 37.6 Å². The van der Waals surface area contributed by atoms with Crippen LogP contribution in [0.3, 0.4) is 0 Å². The average Bonchev–Trinajstić information content (AvgIpc) is 3.44. The Morgan fingerprint density at radius 1 is 1.03 bits per heavy atom. The molecule has 4 aromatic rings. The summed E-state index contributed by atoms with van der Waals surface area (Å²) in [7, 11) is 1.53. The number of oxazole rings is 1. The first-order valence-electron chi connectivity index (χ1n) is 12.0. The normalized spacial score (nSPS) is 15.9. The quantitative estimate of drug-likeness (QED) is 0.357. The number of rotatable bonds is 5. The minimum atomic E-state index is -0.928. The highest BCUT2D eigenvalue weighted by atomic mass is 16.5. The van der Waals surface area contributed by atoms with Gasteiger partial charge in [-0.15, -0.1) is 0 Å². The molecule has 1 unspecified atom stereocenters. The molecule has 0 aliphatic carbocycles. The molecule has 0 bridgehead atoms. The Morgan fingerprint density at radius 3 is 2.43 bits per heavy atom. The molecule has 0 radical (unpaired) electrons. The molecule has 2 heterocycles. The van der Waals surface area contributed by atoms with Gasteiger partial charge >= 0.3 is 0 Å². The zero-order chi connectivity index (χ0) is 26.3. The second-order valence-corrected chi connectivity index (χ2v) is 9.90. The molecule has 1 aromatic heterocycles. The molecule has 1 aliphatic rings. The SMILES string of the molecule is COc1cccc(C(=O)N(C2CC(=O)N(c3ccc(-c4nc5ccccc5o4)cc3)C2=O)C(C)(C)C)c1. The molecule has 0 saturated carbocycles. The predicted molar refractivity (Wildman–Crippen MR) is 139 cm³/mol. The topological polar surface area (TPSA) is 92.9 Å². The van der Waals surface area contributed by atoms with Gasteiger partial charge in [-0.3, -0.25) is 14.4 Å². The number of amides is 3. The Labute approximate surface area is 214 Å². The van der Waals surface area contributed by atoms with Gasteiger partial charge in [0.15, 0.2) is 5.58 Å². The summed E-state index contributed by atoms with van der Waals surface area (Å²) in [5.41, 5.74) is 2.25. The van der Waals surface area contributed by atoms with Gasteiger partial charge < -0.3 is 14.1 Å². The lowest BCUT2D eigenvalue weighted by Gasteiger charge is -2.39. The van der Waals surface area contributed by atoms with Crippen LogP contribution in [-0.4, -0.2) is 46.3 Å². The average molecular weight is 498 g/mol. The third-order valence-electron chi connectivity index (χ3n) is 6.36. The summed E-state index contributed by atoms with van der Waals surface area (Å²) in [6, 6.07) is 20.2. The summed E-state index contributed by atoms with van der Waals surface area (Å²) < 4.78 is 11.1. The molecule has 0 N–H and O–H groups in total. The van der Waals surface area contributed by atoms with Crippen LogP contribution in [0, 0.1) is 0 Å². The summed E-state index contributed by atoms with van der Waals surface area (Å²) in [6.45, 7) is 5.54. The first-order chi connectivity index (χ1) is 17.7. The van der Waals surface area contributed by atoms with E-state index in [-0.39, 0.29) is 18.2 Å². The number of hydrogen-bond donors (Lipinski definition) is 0. The number of nitrogens with zero attached hydrogens (tertiary/aromatic N) is 3.